The number of esters is 1. The summed E-state index contributed by atoms with van der Waals surface area (Å²) in [5.41, 5.74) is 7.07. The standard InChI is InChI=1S/C17H21N3O5/c1-10-7-14(12(3)20(10)8-13-5-4-6-24-13)15(21)9-25-16(22)11(2)19-17(18)23/h4-7,11H,8-9H2,1-3H3,(H3,18,19,23)/t11-/m0/s1. The van der Waals surface area contributed by atoms with Gasteiger partial charge in [0.25, 0.3) is 0 Å². The van der Waals surface area contributed by atoms with Gasteiger partial charge < -0.3 is 24.8 Å². The molecule has 0 aliphatic heterocycles. The molecule has 1 atom stereocenters. The molecule has 2 rings (SSSR count). The van der Waals surface area contributed by atoms with Crippen molar-refractivity contribution in [2.75, 3.05) is 6.61 Å². The Morgan fingerprint density at radius 2 is 2.08 bits per heavy atom. The molecule has 8 heteroatoms. The van der Waals surface area contributed by atoms with Gasteiger partial charge in [-0.1, -0.05) is 0 Å². The van der Waals surface area contributed by atoms with E-state index in [9.17, 15) is 14.4 Å². The van der Waals surface area contributed by atoms with Crippen LogP contribution in [-0.2, 0) is 16.1 Å². The van der Waals surface area contributed by atoms with E-state index in [1.807, 2.05) is 24.5 Å². The number of ether oxygens (including phenoxy) is 1. The highest BCUT2D eigenvalue weighted by molar-refractivity contribution is 5.99. The first-order chi connectivity index (χ1) is 11.8. The molecule has 2 amide bonds. The number of ketones is 1. The van der Waals surface area contributed by atoms with E-state index >= 15 is 0 Å². The number of Topliss-reactive ketones (excluding diaryl/α,β-unsaturated/α-hetero) is 1. The molecular weight excluding hydrogens is 326 g/mol. The molecular formula is C17H21N3O5. The number of hydrogen-bond acceptors (Lipinski definition) is 5. The quantitative estimate of drug-likeness (QED) is 0.582. The average Bonchev–Trinajstić information content (AvgIpc) is 3.15. The lowest BCUT2D eigenvalue weighted by atomic mass is 10.1. The van der Waals surface area contributed by atoms with E-state index in [0.29, 0.717) is 12.1 Å². The Bertz CT molecular complexity index is 777. The first kappa shape index (κ1) is 18.3. The molecule has 0 aromatic carbocycles. The van der Waals surface area contributed by atoms with Crippen molar-refractivity contribution >= 4 is 17.8 Å². The molecule has 0 unspecified atom stereocenters. The molecule has 0 spiro atoms. The molecule has 2 aromatic rings. The first-order valence-electron chi connectivity index (χ1n) is 7.74. The molecule has 0 bridgehead atoms. The summed E-state index contributed by atoms with van der Waals surface area (Å²) < 4.78 is 12.2. The number of carbonyl (C=O) groups is 3. The van der Waals surface area contributed by atoms with Crippen LogP contribution >= 0.6 is 0 Å². The summed E-state index contributed by atoms with van der Waals surface area (Å²) in [5, 5.41) is 2.19. The van der Waals surface area contributed by atoms with Gasteiger partial charge in [-0.25, -0.2) is 9.59 Å². The van der Waals surface area contributed by atoms with Gasteiger partial charge >= 0.3 is 12.0 Å². The van der Waals surface area contributed by atoms with Crippen LogP contribution < -0.4 is 11.1 Å². The van der Waals surface area contributed by atoms with Gasteiger partial charge in [0, 0.05) is 17.0 Å². The number of hydrogen-bond donors (Lipinski definition) is 2. The predicted octanol–water partition coefficient (Wildman–Crippen LogP) is 1.53. The highest BCUT2D eigenvalue weighted by atomic mass is 16.5. The second-order valence-electron chi connectivity index (χ2n) is 5.71. The van der Waals surface area contributed by atoms with Gasteiger partial charge in [0.2, 0.25) is 5.78 Å². The number of amides is 2. The Labute approximate surface area is 144 Å². The Hall–Kier alpha value is -3.03. The van der Waals surface area contributed by atoms with Gasteiger partial charge in [-0.2, -0.15) is 0 Å². The van der Waals surface area contributed by atoms with E-state index in [2.05, 4.69) is 5.32 Å². The molecule has 0 fully saturated rings. The van der Waals surface area contributed by atoms with Crippen LogP contribution in [0.1, 0.15) is 34.4 Å². The SMILES string of the molecule is Cc1cc(C(=O)COC(=O)[C@H](C)NC(N)=O)c(C)n1Cc1ccco1. The number of nitrogens with zero attached hydrogens (tertiary/aromatic N) is 1. The number of rotatable bonds is 7. The van der Waals surface area contributed by atoms with Crippen molar-refractivity contribution in [3.05, 3.63) is 47.2 Å². The molecule has 0 aliphatic rings. The smallest absolute Gasteiger partial charge is 0.328 e. The van der Waals surface area contributed by atoms with Crippen LogP contribution in [-0.4, -0.2) is 35.0 Å². The maximum Gasteiger partial charge on any atom is 0.328 e. The summed E-state index contributed by atoms with van der Waals surface area (Å²) in [4.78, 5) is 34.8. The molecule has 3 N–H and O–H groups in total. The molecule has 0 saturated heterocycles. The molecule has 2 heterocycles. The molecule has 0 saturated carbocycles. The summed E-state index contributed by atoms with van der Waals surface area (Å²) >= 11 is 0. The summed E-state index contributed by atoms with van der Waals surface area (Å²) in [5.74, 6) is -0.270. The van der Waals surface area contributed by atoms with Crippen molar-refractivity contribution in [3.63, 3.8) is 0 Å². The van der Waals surface area contributed by atoms with Crippen LogP contribution in [0.15, 0.2) is 28.9 Å². The minimum atomic E-state index is -0.920. The normalized spacial score (nSPS) is 11.8. The van der Waals surface area contributed by atoms with Crippen molar-refractivity contribution in [1.82, 2.24) is 9.88 Å². The average molecular weight is 347 g/mol. The Balaban J connectivity index is 2.02. The fourth-order valence-electron chi connectivity index (χ4n) is 2.50. The minimum absolute atomic E-state index is 0.321. The van der Waals surface area contributed by atoms with E-state index < -0.39 is 24.6 Å². The maximum atomic E-state index is 12.4. The number of furan rings is 1. The van der Waals surface area contributed by atoms with Crippen molar-refractivity contribution in [3.8, 4) is 0 Å². The summed E-state index contributed by atoms with van der Waals surface area (Å²) in [6.45, 7) is 5.23. The Kier molecular flexibility index (Phi) is 5.63. The van der Waals surface area contributed by atoms with E-state index in [1.54, 1.807) is 18.4 Å². The van der Waals surface area contributed by atoms with Crippen LogP contribution in [0.25, 0.3) is 0 Å². The second kappa shape index (κ2) is 7.69. The molecule has 2 aromatic heterocycles. The number of carbonyl (C=O) groups excluding carboxylic acids is 3. The van der Waals surface area contributed by atoms with Gasteiger partial charge in [-0.05, 0) is 39.0 Å². The van der Waals surface area contributed by atoms with Crippen molar-refractivity contribution < 1.29 is 23.5 Å². The van der Waals surface area contributed by atoms with E-state index in [1.165, 1.54) is 6.92 Å². The van der Waals surface area contributed by atoms with E-state index in [-0.39, 0.29) is 5.78 Å². The fraction of sp³-hybridized carbons (Fsp3) is 0.353. The fourth-order valence-corrected chi connectivity index (χ4v) is 2.50. The predicted molar refractivity (Wildman–Crippen MR) is 89.2 cm³/mol. The largest absolute Gasteiger partial charge is 0.467 e. The molecule has 0 aliphatic carbocycles. The monoisotopic (exact) mass is 347 g/mol. The number of primary amides is 1. The second-order valence-corrected chi connectivity index (χ2v) is 5.71. The molecule has 8 nitrogen and oxygen atoms in total. The van der Waals surface area contributed by atoms with Crippen molar-refractivity contribution in [2.45, 2.75) is 33.4 Å². The van der Waals surface area contributed by atoms with Gasteiger partial charge in [-0.15, -0.1) is 0 Å². The third-order valence-electron chi connectivity index (χ3n) is 3.83. The zero-order valence-electron chi connectivity index (χ0n) is 14.4. The minimum Gasteiger partial charge on any atom is -0.467 e. The third-order valence-corrected chi connectivity index (χ3v) is 3.83. The van der Waals surface area contributed by atoms with E-state index in [4.69, 9.17) is 14.9 Å². The third kappa shape index (κ3) is 4.50. The number of aryl methyl sites for hydroxylation is 1. The van der Waals surface area contributed by atoms with Crippen LogP contribution in [0, 0.1) is 13.8 Å². The maximum absolute atomic E-state index is 12.4. The number of urea groups is 1. The summed E-state index contributed by atoms with van der Waals surface area (Å²) in [7, 11) is 0. The van der Waals surface area contributed by atoms with E-state index in [0.717, 1.165) is 17.1 Å². The van der Waals surface area contributed by atoms with Gasteiger partial charge in [0.05, 0.1) is 12.8 Å². The topological polar surface area (TPSA) is 117 Å². The van der Waals surface area contributed by atoms with Crippen LogP contribution in [0.5, 0.6) is 0 Å². The number of nitrogens with two attached hydrogens (primary N) is 1. The lowest BCUT2D eigenvalue weighted by Crippen LogP contribution is -2.42. The van der Waals surface area contributed by atoms with Gasteiger partial charge in [0.1, 0.15) is 11.8 Å². The van der Waals surface area contributed by atoms with Crippen LogP contribution in [0.2, 0.25) is 0 Å². The van der Waals surface area contributed by atoms with Crippen molar-refractivity contribution in [2.24, 2.45) is 5.73 Å². The van der Waals surface area contributed by atoms with Crippen molar-refractivity contribution in [1.29, 1.82) is 0 Å². The lowest BCUT2D eigenvalue weighted by Gasteiger charge is -2.11. The molecule has 134 valence electrons. The van der Waals surface area contributed by atoms with Gasteiger partial charge in [-0.3, -0.25) is 4.79 Å². The first-order valence-corrected chi connectivity index (χ1v) is 7.74. The molecule has 25 heavy (non-hydrogen) atoms. The highest BCUT2D eigenvalue weighted by Crippen LogP contribution is 2.18. The molecule has 0 radical (unpaired) electrons. The van der Waals surface area contributed by atoms with Crippen LogP contribution in [0.4, 0.5) is 4.79 Å². The Morgan fingerprint density at radius 3 is 2.68 bits per heavy atom. The zero-order chi connectivity index (χ0) is 18.6. The summed E-state index contributed by atoms with van der Waals surface area (Å²) in [6, 6.07) is 3.65. The lowest BCUT2D eigenvalue weighted by molar-refractivity contribution is -0.144. The number of nitrogens with one attached hydrogen (secondary N) is 1. The zero-order valence-corrected chi connectivity index (χ0v) is 14.4. The Morgan fingerprint density at radius 1 is 1.36 bits per heavy atom. The van der Waals surface area contributed by atoms with Crippen LogP contribution in [0.3, 0.4) is 0 Å². The van der Waals surface area contributed by atoms with Gasteiger partial charge in [0.15, 0.2) is 6.61 Å². The number of aromatic nitrogens is 1. The summed E-state index contributed by atoms with van der Waals surface area (Å²) in [6.07, 6.45) is 1.59. The highest BCUT2D eigenvalue weighted by Gasteiger charge is 2.20.